The molecule has 1 amide bonds. The van der Waals surface area contributed by atoms with Gasteiger partial charge < -0.3 is 15.5 Å². The van der Waals surface area contributed by atoms with Gasteiger partial charge in [0.05, 0.1) is 6.54 Å². The Kier molecular flexibility index (Phi) is 5.29. The molecule has 8 nitrogen and oxygen atoms in total. The zero-order valence-corrected chi connectivity index (χ0v) is 17.9. The maximum atomic E-state index is 12.7. The molecule has 0 aliphatic heterocycles. The minimum atomic E-state index is -0.404. The van der Waals surface area contributed by atoms with Crippen molar-refractivity contribution in [2.45, 2.75) is 34.2 Å². The predicted octanol–water partition coefficient (Wildman–Crippen LogP) is 4.05. The van der Waals surface area contributed by atoms with E-state index < -0.39 is 5.91 Å². The van der Waals surface area contributed by atoms with Gasteiger partial charge in [-0.05, 0) is 51.0 Å². The van der Waals surface area contributed by atoms with E-state index in [1.807, 2.05) is 70.2 Å². The van der Waals surface area contributed by atoms with Crippen molar-refractivity contribution in [3.63, 3.8) is 0 Å². The number of nitrogens with two attached hydrogens (primary N) is 1. The number of anilines is 2. The number of rotatable bonds is 5. The van der Waals surface area contributed by atoms with Crippen LogP contribution >= 0.6 is 0 Å². The number of oxazole rings is 1. The van der Waals surface area contributed by atoms with E-state index in [4.69, 9.17) is 10.2 Å². The van der Waals surface area contributed by atoms with Crippen LogP contribution in [-0.2, 0) is 6.54 Å². The lowest BCUT2D eigenvalue weighted by atomic mass is 10.1. The molecule has 2 heterocycles. The minimum absolute atomic E-state index is 0.0718. The van der Waals surface area contributed by atoms with Gasteiger partial charge in [0.1, 0.15) is 11.5 Å². The summed E-state index contributed by atoms with van der Waals surface area (Å²) >= 11 is 0. The number of aryl methyl sites for hydroxylation is 4. The highest BCUT2D eigenvalue weighted by Gasteiger charge is 2.21. The standard InChI is InChI=1S/C23H24N6O2/c1-13-8-10-17(11-9-13)23-25-18(16(4)31-23)12-29-21(24)20(27-28-29)22(30)26-19-14(2)6-5-7-15(19)3/h5-11H,12,24H2,1-4H3,(H,26,30). The van der Waals surface area contributed by atoms with Crippen LogP contribution in [0, 0.1) is 27.7 Å². The highest BCUT2D eigenvalue weighted by molar-refractivity contribution is 6.06. The maximum Gasteiger partial charge on any atom is 0.280 e. The first kappa shape index (κ1) is 20.3. The molecule has 0 atom stereocenters. The average molecular weight is 416 g/mol. The van der Waals surface area contributed by atoms with Gasteiger partial charge in [0.25, 0.3) is 5.91 Å². The van der Waals surface area contributed by atoms with Gasteiger partial charge in [-0.1, -0.05) is 41.1 Å². The molecule has 2 aromatic carbocycles. The predicted molar refractivity (Wildman–Crippen MR) is 119 cm³/mol. The molecule has 4 rings (SSSR count). The maximum absolute atomic E-state index is 12.7. The van der Waals surface area contributed by atoms with E-state index in [1.165, 1.54) is 4.68 Å². The Balaban J connectivity index is 1.55. The van der Waals surface area contributed by atoms with Gasteiger partial charge in [-0.15, -0.1) is 5.10 Å². The third kappa shape index (κ3) is 4.05. The summed E-state index contributed by atoms with van der Waals surface area (Å²) in [6.07, 6.45) is 0. The molecule has 0 aliphatic rings. The third-order valence-electron chi connectivity index (χ3n) is 5.20. The lowest BCUT2D eigenvalue weighted by molar-refractivity contribution is 0.102. The lowest BCUT2D eigenvalue weighted by Crippen LogP contribution is -2.16. The monoisotopic (exact) mass is 416 g/mol. The van der Waals surface area contributed by atoms with Gasteiger partial charge in [0.2, 0.25) is 5.89 Å². The summed E-state index contributed by atoms with van der Waals surface area (Å²) in [6, 6.07) is 13.7. The fraction of sp³-hybridized carbons (Fsp3) is 0.217. The van der Waals surface area contributed by atoms with Gasteiger partial charge in [-0.2, -0.15) is 0 Å². The fourth-order valence-electron chi connectivity index (χ4n) is 3.32. The average Bonchev–Trinajstić information content (AvgIpc) is 3.28. The summed E-state index contributed by atoms with van der Waals surface area (Å²) in [4.78, 5) is 17.3. The van der Waals surface area contributed by atoms with Crippen LogP contribution in [0.3, 0.4) is 0 Å². The van der Waals surface area contributed by atoms with E-state index in [2.05, 4.69) is 20.6 Å². The first-order valence-corrected chi connectivity index (χ1v) is 9.93. The number of carbonyl (C=O) groups is 1. The molecule has 3 N–H and O–H groups in total. The molecular weight excluding hydrogens is 392 g/mol. The Labute approximate surface area is 180 Å². The molecular formula is C23H24N6O2. The number of benzene rings is 2. The summed E-state index contributed by atoms with van der Waals surface area (Å²) in [6.45, 7) is 7.97. The Morgan fingerprint density at radius 3 is 2.42 bits per heavy atom. The first-order valence-electron chi connectivity index (χ1n) is 9.93. The molecule has 0 radical (unpaired) electrons. The molecule has 2 aromatic heterocycles. The molecule has 0 unspecified atom stereocenters. The molecule has 0 saturated heterocycles. The second-order valence-corrected chi connectivity index (χ2v) is 7.59. The van der Waals surface area contributed by atoms with Crippen molar-refractivity contribution in [2.75, 3.05) is 11.1 Å². The number of nitrogen functional groups attached to an aromatic ring is 1. The molecule has 8 heteroatoms. The van der Waals surface area contributed by atoms with Crippen LogP contribution in [0.25, 0.3) is 11.5 Å². The molecule has 4 aromatic rings. The summed E-state index contributed by atoms with van der Waals surface area (Å²) in [5, 5.41) is 10.9. The lowest BCUT2D eigenvalue weighted by Gasteiger charge is -2.10. The van der Waals surface area contributed by atoms with Gasteiger partial charge in [-0.3, -0.25) is 4.79 Å². The summed E-state index contributed by atoms with van der Waals surface area (Å²) in [5.41, 5.74) is 11.6. The number of hydrogen-bond acceptors (Lipinski definition) is 6. The van der Waals surface area contributed by atoms with Crippen LogP contribution in [0.5, 0.6) is 0 Å². The van der Waals surface area contributed by atoms with Crippen molar-refractivity contribution in [3.8, 4) is 11.5 Å². The van der Waals surface area contributed by atoms with E-state index in [1.54, 1.807) is 0 Å². The molecule has 158 valence electrons. The van der Waals surface area contributed by atoms with Gasteiger partial charge in [0.15, 0.2) is 11.5 Å². The second-order valence-electron chi connectivity index (χ2n) is 7.59. The Morgan fingerprint density at radius 1 is 1.06 bits per heavy atom. The molecule has 0 spiro atoms. The van der Waals surface area contributed by atoms with E-state index in [0.29, 0.717) is 17.3 Å². The van der Waals surface area contributed by atoms with E-state index in [9.17, 15) is 4.79 Å². The number of para-hydroxylation sites is 1. The van der Waals surface area contributed by atoms with Crippen LogP contribution in [0.15, 0.2) is 46.9 Å². The van der Waals surface area contributed by atoms with Crippen molar-refractivity contribution >= 4 is 17.4 Å². The van der Waals surface area contributed by atoms with Crippen LogP contribution in [-0.4, -0.2) is 25.9 Å². The molecule has 0 bridgehead atoms. The van der Waals surface area contributed by atoms with Crippen molar-refractivity contribution in [2.24, 2.45) is 0 Å². The van der Waals surface area contributed by atoms with E-state index >= 15 is 0 Å². The largest absolute Gasteiger partial charge is 0.441 e. The Hall–Kier alpha value is -3.94. The fourth-order valence-corrected chi connectivity index (χ4v) is 3.32. The zero-order valence-electron chi connectivity index (χ0n) is 17.9. The SMILES string of the molecule is Cc1ccc(-c2nc(Cn3nnc(C(=O)Nc4c(C)cccc4C)c3N)c(C)o2)cc1. The molecule has 0 aliphatic carbocycles. The summed E-state index contributed by atoms with van der Waals surface area (Å²) in [7, 11) is 0. The summed E-state index contributed by atoms with van der Waals surface area (Å²) in [5.74, 6) is 0.951. The van der Waals surface area contributed by atoms with Crippen LogP contribution in [0.4, 0.5) is 11.5 Å². The number of carbonyl (C=O) groups excluding carboxylic acids is 1. The highest BCUT2D eigenvalue weighted by atomic mass is 16.4. The van der Waals surface area contributed by atoms with Crippen LogP contribution in [0.2, 0.25) is 0 Å². The van der Waals surface area contributed by atoms with Crippen molar-refractivity contribution in [1.82, 2.24) is 20.0 Å². The van der Waals surface area contributed by atoms with Gasteiger partial charge in [0, 0.05) is 11.3 Å². The molecule has 31 heavy (non-hydrogen) atoms. The smallest absolute Gasteiger partial charge is 0.280 e. The molecule has 0 saturated carbocycles. The van der Waals surface area contributed by atoms with E-state index in [-0.39, 0.29) is 18.1 Å². The number of aromatic nitrogens is 4. The third-order valence-corrected chi connectivity index (χ3v) is 5.20. The number of nitrogens with one attached hydrogen (secondary N) is 1. The molecule has 0 fully saturated rings. The Morgan fingerprint density at radius 2 is 1.74 bits per heavy atom. The minimum Gasteiger partial charge on any atom is -0.441 e. The van der Waals surface area contributed by atoms with Crippen molar-refractivity contribution in [3.05, 3.63) is 76.3 Å². The number of nitrogens with zero attached hydrogens (tertiary/aromatic N) is 4. The Bertz CT molecular complexity index is 1230. The van der Waals surface area contributed by atoms with Crippen LogP contribution in [0.1, 0.15) is 38.6 Å². The normalized spacial score (nSPS) is 11.0. The van der Waals surface area contributed by atoms with Crippen molar-refractivity contribution < 1.29 is 9.21 Å². The summed E-state index contributed by atoms with van der Waals surface area (Å²) < 4.78 is 7.27. The van der Waals surface area contributed by atoms with Crippen molar-refractivity contribution in [1.29, 1.82) is 0 Å². The zero-order chi connectivity index (χ0) is 22.1. The van der Waals surface area contributed by atoms with Gasteiger partial charge in [-0.25, -0.2) is 9.67 Å². The number of hydrogen-bond donors (Lipinski definition) is 2. The highest BCUT2D eigenvalue weighted by Crippen LogP contribution is 2.24. The first-order chi connectivity index (χ1) is 14.8. The van der Waals surface area contributed by atoms with Crippen LogP contribution < -0.4 is 11.1 Å². The number of amides is 1. The second kappa shape index (κ2) is 8.06. The topological polar surface area (TPSA) is 112 Å². The van der Waals surface area contributed by atoms with Gasteiger partial charge >= 0.3 is 0 Å². The quantitative estimate of drug-likeness (QED) is 0.508. The van der Waals surface area contributed by atoms with E-state index in [0.717, 1.165) is 27.9 Å².